The zero-order chi connectivity index (χ0) is 25.1. The number of amides is 2. The molecule has 176 valence electrons. The Morgan fingerprint density at radius 3 is 2.25 bits per heavy atom. The van der Waals surface area contributed by atoms with E-state index in [1.54, 1.807) is 66.7 Å². The average Bonchev–Trinajstić information content (AvgIpc) is 2.88. The highest BCUT2D eigenvalue weighted by Gasteiger charge is 2.34. The molecular weight excluding hydrogens is 475 g/mol. The molecule has 1 fully saturated rings. The smallest absolute Gasteiger partial charge is 0.270 e. The van der Waals surface area contributed by atoms with Crippen LogP contribution in [-0.4, -0.2) is 16.9 Å². The van der Waals surface area contributed by atoms with Gasteiger partial charge >= 0.3 is 0 Å². The van der Waals surface area contributed by atoms with E-state index in [0.717, 1.165) is 0 Å². The first-order valence-electron chi connectivity index (χ1n) is 11.1. The fourth-order valence-electron chi connectivity index (χ4n) is 3.84. The van der Waals surface area contributed by atoms with E-state index in [1.807, 2.05) is 30.3 Å². The van der Waals surface area contributed by atoms with Crippen LogP contribution < -0.4 is 15.0 Å². The molecule has 0 spiro atoms. The summed E-state index contributed by atoms with van der Waals surface area (Å²) in [6.07, 6.45) is 1.48. The molecule has 5 rings (SSSR count). The SMILES string of the molecule is O=C1NC(=S)N(c2ccc(Oc3ccccc3)cc2)C(=O)C1=Cc1cccc(-c2ccccc2F)c1. The van der Waals surface area contributed by atoms with Gasteiger partial charge in [0.1, 0.15) is 22.9 Å². The molecule has 7 heteroatoms. The highest BCUT2D eigenvalue weighted by atomic mass is 32.1. The number of carbonyl (C=O) groups is 2. The number of benzene rings is 4. The molecule has 1 aliphatic heterocycles. The van der Waals surface area contributed by atoms with Gasteiger partial charge in [-0.3, -0.25) is 19.8 Å². The molecule has 0 unspecified atom stereocenters. The Morgan fingerprint density at radius 1 is 0.806 bits per heavy atom. The molecule has 2 amide bonds. The van der Waals surface area contributed by atoms with Gasteiger partial charge in [-0.05, 0) is 78.0 Å². The highest BCUT2D eigenvalue weighted by molar-refractivity contribution is 7.80. The van der Waals surface area contributed by atoms with Crippen molar-refractivity contribution in [1.82, 2.24) is 5.32 Å². The first-order valence-corrected chi connectivity index (χ1v) is 11.5. The summed E-state index contributed by atoms with van der Waals surface area (Å²) in [6.45, 7) is 0. The van der Waals surface area contributed by atoms with Gasteiger partial charge in [0.25, 0.3) is 11.8 Å². The Kier molecular flexibility index (Phi) is 6.38. The van der Waals surface area contributed by atoms with Gasteiger partial charge in [0.05, 0.1) is 5.69 Å². The molecule has 1 saturated heterocycles. The summed E-state index contributed by atoms with van der Waals surface area (Å²) in [7, 11) is 0. The van der Waals surface area contributed by atoms with Crippen molar-refractivity contribution in [1.29, 1.82) is 0 Å². The largest absolute Gasteiger partial charge is 0.457 e. The second-order valence-electron chi connectivity index (χ2n) is 7.97. The van der Waals surface area contributed by atoms with E-state index >= 15 is 0 Å². The maximum atomic E-state index is 14.3. The van der Waals surface area contributed by atoms with Crippen molar-refractivity contribution in [2.45, 2.75) is 0 Å². The van der Waals surface area contributed by atoms with E-state index in [9.17, 15) is 14.0 Å². The molecule has 0 aromatic heterocycles. The Balaban J connectivity index is 1.42. The maximum absolute atomic E-state index is 14.3. The van der Waals surface area contributed by atoms with Crippen molar-refractivity contribution in [3.8, 4) is 22.6 Å². The van der Waals surface area contributed by atoms with Gasteiger partial charge in [0.15, 0.2) is 5.11 Å². The third-order valence-electron chi connectivity index (χ3n) is 5.56. The average molecular weight is 495 g/mol. The Bertz CT molecular complexity index is 1500. The number of ether oxygens (including phenoxy) is 1. The molecule has 0 saturated carbocycles. The van der Waals surface area contributed by atoms with Gasteiger partial charge in [-0.1, -0.05) is 54.6 Å². The van der Waals surface area contributed by atoms with Crippen molar-refractivity contribution in [2.24, 2.45) is 0 Å². The monoisotopic (exact) mass is 494 g/mol. The van der Waals surface area contributed by atoms with Crippen molar-refractivity contribution in [3.63, 3.8) is 0 Å². The molecule has 1 N–H and O–H groups in total. The van der Waals surface area contributed by atoms with Gasteiger partial charge in [-0.2, -0.15) is 0 Å². The molecule has 0 bridgehead atoms. The lowest BCUT2D eigenvalue weighted by Gasteiger charge is -2.29. The third-order valence-corrected chi connectivity index (χ3v) is 5.84. The number of carbonyl (C=O) groups excluding carboxylic acids is 2. The first kappa shape index (κ1) is 23.1. The van der Waals surface area contributed by atoms with E-state index in [1.165, 1.54) is 17.0 Å². The van der Waals surface area contributed by atoms with E-state index in [0.29, 0.717) is 33.9 Å². The minimum absolute atomic E-state index is 0.0148. The summed E-state index contributed by atoms with van der Waals surface area (Å²) in [6, 6.07) is 29.5. The van der Waals surface area contributed by atoms with E-state index in [4.69, 9.17) is 17.0 Å². The lowest BCUT2D eigenvalue weighted by Crippen LogP contribution is -2.54. The zero-order valence-electron chi connectivity index (χ0n) is 18.9. The fraction of sp³-hybridized carbons (Fsp3) is 0. The number of halogens is 1. The molecule has 0 aliphatic carbocycles. The standard InChI is InChI=1S/C29H19FN2O3S/c30-26-12-5-4-11-24(26)20-8-6-7-19(17-20)18-25-27(33)31-29(36)32(28(25)34)21-13-15-23(16-14-21)35-22-9-2-1-3-10-22/h1-18H,(H,31,33,36). The van der Waals surface area contributed by atoms with Crippen LogP contribution in [0.5, 0.6) is 11.5 Å². The van der Waals surface area contributed by atoms with Gasteiger partial charge in [-0.15, -0.1) is 0 Å². The summed E-state index contributed by atoms with van der Waals surface area (Å²) < 4.78 is 20.1. The van der Waals surface area contributed by atoms with Gasteiger partial charge in [-0.25, -0.2) is 4.39 Å². The Hall–Kier alpha value is -4.62. The summed E-state index contributed by atoms with van der Waals surface area (Å²) in [4.78, 5) is 27.3. The van der Waals surface area contributed by atoms with Gasteiger partial charge in [0.2, 0.25) is 0 Å². The summed E-state index contributed by atoms with van der Waals surface area (Å²) in [5.74, 6) is -0.238. The first-order chi connectivity index (χ1) is 17.5. The maximum Gasteiger partial charge on any atom is 0.270 e. The summed E-state index contributed by atoms with van der Waals surface area (Å²) in [5.41, 5.74) is 2.04. The number of nitrogens with one attached hydrogen (secondary N) is 1. The predicted octanol–water partition coefficient (Wildman–Crippen LogP) is 6.12. The number of para-hydroxylation sites is 1. The van der Waals surface area contributed by atoms with E-state index in [2.05, 4.69) is 5.32 Å². The molecule has 5 nitrogen and oxygen atoms in total. The predicted molar refractivity (Wildman–Crippen MR) is 141 cm³/mol. The van der Waals surface area contributed by atoms with Gasteiger partial charge in [0, 0.05) is 5.56 Å². The van der Waals surface area contributed by atoms with E-state index < -0.39 is 11.8 Å². The fourth-order valence-corrected chi connectivity index (χ4v) is 4.12. The van der Waals surface area contributed by atoms with Crippen LogP contribution in [0.15, 0.2) is 109 Å². The van der Waals surface area contributed by atoms with Crippen LogP contribution in [0.2, 0.25) is 0 Å². The molecule has 4 aromatic carbocycles. The number of nitrogens with zero attached hydrogens (tertiary/aromatic N) is 1. The second kappa shape index (κ2) is 9.93. The molecule has 0 atom stereocenters. The molecule has 4 aromatic rings. The zero-order valence-corrected chi connectivity index (χ0v) is 19.7. The summed E-state index contributed by atoms with van der Waals surface area (Å²) in [5, 5.41) is 2.56. The second-order valence-corrected chi connectivity index (χ2v) is 8.36. The Labute approximate surface area is 212 Å². The van der Waals surface area contributed by atoms with Crippen LogP contribution in [0.4, 0.5) is 10.1 Å². The topological polar surface area (TPSA) is 58.6 Å². The Morgan fingerprint density at radius 2 is 1.50 bits per heavy atom. The number of hydrogen-bond donors (Lipinski definition) is 1. The number of rotatable bonds is 5. The minimum atomic E-state index is -0.596. The normalized spacial score (nSPS) is 14.6. The third kappa shape index (κ3) is 4.78. The minimum Gasteiger partial charge on any atom is -0.457 e. The van der Waals surface area contributed by atoms with Gasteiger partial charge < -0.3 is 4.74 Å². The molecular formula is C29H19FN2O3S. The van der Waals surface area contributed by atoms with Crippen LogP contribution in [0.3, 0.4) is 0 Å². The van der Waals surface area contributed by atoms with Crippen LogP contribution >= 0.6 is 12.2 Å². The molecule has 1 aliphatic rings. The molecule has 1 heterocycles. The number of anilines is 1. The van der Waals surface area contributed by atoms with Crippen molar-refractivity contribution in [2.75, 3.05) is 4.90 Å². The summed E-state index contributed by atoms with van der Waals surface area (Å²) >= 11 is 5.29. The van der Waals surface area contributed by atoms with Crippen LogP contribution in [-0.2, 0) is 9.59 Å². The quantitative estimate of drug-likeness (QED) is 0.206. The molecule has 0 radical (unpaired) electrons. The van der Waals surface area contributed by atoms with Crippen molar-refractivity contribution < 1.29 is 18.7 Å². The van der Waals surface area contributed by atoms with Crippen molar-refractivity contribution in [3.05, 3.63) is 120 Å². The van der Waals surface area contributed by atoms with E-state index in [-0.39, 0.29) is 16.5 Å². The van der Waals surface area contributed by atoms with Crippen LogP contribution in [0, 0.1) is 5.82 Å². The van der Waals surface area contributed by atoms with Crippen molar-refractivity contribution >= 4 is 40.9 Å². The van der Waals surface area contributed by atoms with Crippen LogP contribution in [0.25, 0.3) is 17.2 Å². The highest BCUT2D eigenvalue weighted by Crippen LogP contribution is 2.28. The molecule has 36 heavy (non-hydrogen) atoms. The number of thiocarbonyl (C=S) groups is 1. The number of hydrogen-bond acceptors (Lipinski definition) is 4. The lowest BCUT2D eigenvalue weighted by atomic mass is 10.0. The lowest BCUT2D eigenvalue weighted by molar-refractivity contribution is -0.122. The van der Waals surface area contributed by atoms with Crippen LogP contribution in [0.1, 0.15) is 5.56 Å².